The number of carbonyl (C=O) groups is 2. The molecule has 0 aromatic heterocycles. The molecule has 0 aliphatic carbocycles. The average Bonchev–Trinajstić information content (AvgIpc) is 2.58. The van der Waals surface area contributed by atoms with Gasteiger partial charge in [-0.25, -0.2) is 4.39 Å². The van der Waals surface area contributed by atoms with Crippen LogP contribution < -0.4 is 16.0 Å². The lowest BCUT2D eigenvalue weighted by molar-refractivity contribution is -0.129. The zero-order valence-electron chi connectivity index (χ0n) is 14.3. The zero-order valence-corrected chi connectivity index (χ0v) is 15.1. The highest BCUT2D eigenvalue weighted by atomic mass is 32.2. The Balaban J connectivity index is 1.52. The minimum Gasteiger partial charge on any atom is -0.351 e. The van der Waals surface area contributed by atoms with Crippen molar-refractivity contribution < 1.29 is 14.0 Å². The van der Waals surface area contributed by atoms with Crippen molar-refractivity contribution in [3.05, 3.63) is 35.6 Å². The van der Waals surface area contributed by atoms with Crippen LogP contribution in [-0.2, 0) is 16.0 Å². The van der Waals surface area contributed by atoms with Crippen LogP contribution in [-0.4, -0.2) is 47.5 Å². The highest BCUT2D eigenvalue weighted by molar-refractivity contribution is 8.00. The second-order valence-electron chi connectivity index (χ2n) is 6.76. The Labute approximate surface area is 151 Å². The summed E-state index contributed by atoms with van der Waals surface area (Å²) in [6.45, 7) is 2.99. The van der Waals surface area contributed by atoms with Gasteiger partial charge in [0.1, 0.15) is 11.9 Å². The van der Waals surface area contributed by atoms with Gasteiger partial charge in [0.05, 0.1) is 5.25 Å². The Bertz CT molecular complexity index is 643. The number of benzene rings is 1. The van der Waals surface area contributed by atoms with Crippen LogP contribution in [0.25, 0.3) is 0 Å². The maximum atomic E-state index is 13.8. The van der Waals surface area contributed by atoms with Gasteiger partial charge in [0.15, 0.2) is 0 Å². The standard InChI is InChI=1S/C18H24FN3O2S/c1-11-8-13(6-7-20-11)21-17(23)15-10-25-16(18(24)22-15)9-12-4-2-3-5-14(12)19/h2-5,11,13,15-16,20H,6-10H2,1H3,(H,21,23)(H,22,24). The number of piperidine rings is 1. The van der Waals surface area contributed by atoms with Gasteiger partial charge in [0.2, 0.25) is 11.8 Å². The van der Waals surface area contributed by atoms with Gasteiger partial charge in [-0.1, -0.05) is 18.2 Å². The minimum absolute atomic E-state index is 0.121. The fourth-order valence-electron chi connectivity index (χ4n) is 3.32. The fraction of sp³-hybridized carbons (Fsp3) is 0.556. The van der Waals surface area contributed by atoms with Gasteiger partial charge < -0.3 is 16.0 Å². The molecule has 2 fully saturated rings. The summed E-state index contributed by atoms with van der Waals surface area (Å²) >= 11 is 1.42. The van der Waals surface area contributed by atoms with Gasteiger partial charge in [-0.15, -0.1) is 11.8 Å². The second-order valence-corrected chi connectivity index (χ2v) is 8.00. The molecular weight excluding hydrogens is 341 g/mol. The van der Waals surface area contributed by atoms with Crippen LogP contribution in [0.3, 0.4) is 0 Å². The molecule has 2 aliphatic rings. The summed E-state index contributed by atoms with van der Waals surface area (Å²) in [7, 11) is 0. The Hall–Kier alpha value is -1.60. The van der Waals surface area contributed by atoms with E-state index in [1.165, 1.54) is 17.8 Å². The van der Waals surface area contributed by atoms with Gasteiger partial charge in [-0.05, 0) is 44.4 Å². The minimum atomic E-state index is -0.514. The van der Waals surface area contributed by atoms with Crippen molar-refractivity contribution in [2.45, 2.75) is 49.6 Å². The molecule has 2 saturated heterocycles. The molecule has 3 rings (SSSR count). The van der Waals surface area contributed by atoms with Gasteiger partial charge in [0, 0.05) is 17.8 Å². The fourth-order valence-corrected chi connectivity index (χ4v) is 4.49. The first-order valence-corrected chi connectivity index (χ1v) is 9.77. The van der Waals surface area contributed by atoms with Crippen LogP contribution in [0.15, 0.2) is 24.3 Å². The zero-order chi connectivity index (χ0) is 17.8. The van der Waals surface area contributed by atoms with Crippen LogP contribution in [0.1, 0.15) is 25.3 Å². The van der Waals surface area contributed by atoms with Crippen LogP contribution in [0.4, 0.5) is 4.39 Å². The molecular formula is C18H24FN3O2S. The van der Waals surface area contributed by atoms with E-state index in [4.69, 9.17) is 0 Å². The molecule has 0 bridgehead atoms. The highest BCUT2D eigenvalue weighted by Crippen LogP contribution is 2.23. The van der Waals surface area contributed by atoms with Gasteiger partial charge in [-0.2, -0.15) is 0 Å². The summed E-state index contributed by atoms with van der Waals surface area (Å²) < 4.78 is 13.8. The van der Waals surface area contributed by atoms with Crippen molar-refractivity contribution >= 4 is 23.6 Å². The topological polar surface area (TPSA) is 70.2 Å². The molecule has 2 amide bonds. The molecule has 25 heavy (non-hydrogen) atoms. The first kappa shape index (κ1) is 18.2. The lowest BCUT2D eigenvalue weighted by atomic mass is 10.0. The smallest absolute Gasteiger partial charge is 0.243 e. The first-order valence-electron chi connectivity index (χ1n) is 8.72. The summed E-state index contributed by atoms with van der Waals surface area (Å²) in [5.41, 5.74) is 0.529. The van der Waals surface area contributed by atoms with Crippen LogP contribution in [0.2, 0.25) is 0 Å². The predicted octanol–water partition coefficient (Wildman–Crippen LogP) is 1.23. The third-order valence-electron chi connectivity index (χ3n) is 4.72. The molecule has 2 aliphatic heterocycles. The van der Waals surface area contributed by atoms with Crippen LogP contribution >= 0.6 is 11.8 Å². The summed E-state index contributed by atoms with van der Waals surface area (Å²) in [6, 6.07) is 6.52. The summed E-state index contributed by atoms with van der Waals surface area (Å²) in [5.74, 6) is -0.101. The predicted molar refractivity (Wildman–Crippen MR) is 96.9 cm³/mol. The van der Waals surface area contributed by atoms with E-state index in [0.29, 0.717) is 23.8 Å². The van der Waals surface area contributed by atoms with E-state index in [1.54, 1.807) is 18.2 Å². The van der Waals surface area contributed by atoms with Crippen molar-refractivity contribution in [2.24, 2.45) is 0 Å². The van der Waals surface area contributed by atoms with Crippen LogP contribution in [0.5, 0.6) is 0 Å². The number of carbonyl (C=O) groups excluding carboxylic acids is 2. The largest absolute Gasteiger partial charge is 0.351 e. The van der Waals surface area contributed by atoms with Gasteiger partial charge in [0.25, 0.3) is 0 Å². The Kier molecular flexibility index (Phi) is 5.96. The Morgan fingerprint density at radius 3 is 2.92 bits per heavy atom. The van der Waals surface area contributed by atoms with E-state index in [-0.39, 0.29) is 28.9 Å². The van der Waals surface area contributed by atoms with E-state index in [0.717, 1.165) is 19.4 Å². The van der Waals surface area contributed by atoms with Crippen molar-refractivity contribution in [1.82, 2.24) is 16.0 Å². The summed E-state index contributed by atoms with van der Waals surface area (Å²) in [5, 5.41) is 8.83. The van der Waals surface area contributed by atoms with Crippen LogP contribution in [0, 0.1) is 5.82 Å². The number of thioether (sulfide) groups is 1. The molecule has 5 nitrogen and oxygen atoms in total. The van der Waals surface area contributed by atoms with Crippen molar-refractivity contribution in [3.8, 4) is 0 Å². The first-order chi connectivity index (χ1) is 12.0. The third kappa shape index (κ3) is 4.73. The maximum Gasteiger partial charge on any atom is 0.243 e. The number of hydrogen-bond donors (Lipinski definition) is 3. The molecule has 0 saturated carbocycles. The Morgan fingerprint density at radius 1 is 1.40 bits per heavy atom. The normalized spacial score (nSPS) is 29.8. The number of amides is 2. The quantitative estimate of drug-likeness (QED) is 0.751. The molecule has 7 heteroatoms. The third-order valence-corrected chi connectivity index (χ3v) is 6.03. The molecule has 0 spiro atoms. The molecule has 4 atom stereocenters. The molecule has 3 N–H and O–H groups in total. The van der Waals surface area contributed by atoms with Crippen molar-refractivity contribution in [1.29, 1.82) is 0 Å². The lowest BCUT2D eigenvalue weighted by Crippen LogP contribution is -2.57. The number of rotatable bonds is 4. The van der Waals surface area contributed by atoms with Gasteiger partial charge in [-0.3, -0.25) is 9.59 Å². The monoisotopic (exact) mass is 365 g/mol. The van der Waals surface area contributed by atoms with Crippen molar-refractivity contribution in [2.75, 3.05) is 12.3 Å². The summed E-state index contributed by atoms with van der Waals surface area (Å²) in [4.78, 5) is 24.7. The van der Waals surface area contributed by atoms with E-state index in [2.05, 4.69) is 22.9 Å². The molecule has 136 valence electrons. The number of halogens is 1. The molecule has 2 heterocycles. The number of hydrogen-bond acceptors (Lipinski definition) is 4. The van der Waals surface area contributed by atoms with Crippen molar-refractivity contribution in [3.63, 3.8) is 0 Å². The Morgan fingerprint density at radius 2 is 2.20 bits per heavy atom. The molecule has 1 aromatic carbocycles. The molecule has 0 radical (unpaired) electrons. The molecule has 4 unspecified atom stereocenters. The SMILES string of the molecule is CC1CC(NC(=O)C2CSC(Cc3ccccc3F)C(=O)N2)CCN1. The number of nitrogens with one attached hydrogen (secondary N) is 3. The van der Waals surface area contributed by atoms with Gasteiger partial charge >= 0.3 is 0 Å². The van der Waals surface area contributed by atoms with E-state index in [1.807, 2.05) is 0 Å². The molecule has 1 aromatic rings. The average molecular weight is 365 g/mol. The summed E-state index contributed by atoms with van der Waals surface area (Å²) in [6.07, 6.45) is 2.14. The maximum absolute atomic E-state index is 13.8. The second kappa shape index (κ2) is 8.19. The van der Waals surface area contributed by atoms with E-state index in [9.17, 15) is 14.0 Å². The van der Waals surface area contributed by atoms with E-state index >= 15 is 0 Å². The lowest BCUT2D eigenvalue weighted by Gasteiger charge is -2.32. The highest BCUT2D eigenvalue weighted by Gasteiger charge is 2.33. The van der Waals surface area contributed by atoms with E-state index < -0.39 is 6.04 Å².